The van der Waals surface area contributed by atoms with Crippen molar-refractivity contribution in [1.29, 1.82) is 0 Å². The van der Waals surface area contributed by atoms with Gasteiger partial charge >= 0.3 is 0 Å². The zero-order valence-electron chi connectivity index (χ0n) is 24.9. The minimum absolute atomic E-state index is 0.0740. The standard InChI is InChI=1S/C35H33FN6O2S/c1-35(34(44)38-28-10-11-30-29(20-28)32(40-39-30)25-6-8-27(36)9-7-25)14-18-41(22-35)21-31(43)42-16-12-24(13-17-42)23-2-4-26(5-3-23)33-37-15-19-45-33/h2-12,15,19-20H,13-14,16-18,21-22H2,1H3,(H,38,44)(H,39,40). The molecule has 2 aliphatic heterocycles. The Morgan fingerprint density at radius 3 is 2.53 bits per heavy atom. The van der Waals surface area contributed by atoms with E-state index in [4.69, 9.17) is 0 Å². The van der Waals surface area contributed by atoms with E-state index in [0.29, 0.717) is 50.5 Å². The molecule has 2 N–H and O–H groups in total. The van der Waals surface area contributed by atoms with Crippen LogP contribution in [-0.2, 0) is 9.59 Å². The van der Waals surface area contributed by atoms with Crippen LogP contribution in [0.1, 0.15) is 25.3 Å². The fourth-order valence-electron chi connectivity index (χ4n) is 6.22. The molecule has 1 unspecified atom stereocenters. The number of hydrogen-bond donors (Lipinski definition) is 2. The van der Waals surface area contributed by atoms with Gasteiger partial charge in [-0.2, -0.15) is 5.10 Å². The Hall–Kier alpha value is -4.67. The smallest absolute Gasteiger partial charge is 0.237 e. The molecule has 1 fully saturated rings. The van der Waals surface area contributed by atoms with Gasteiger partial charge in [0.15, 0.2) is 0 Å². The number of carbonyl (C=O) groups is 2. The molecule has 3 aromatic carbocycles. The van der Waals surface area contributed by atoms with Gasteiger partial charge in [0.05, 0.1) is 23.2 Å². The molecule has 0 radical (unpaired) electrons. The van der Waals surface area contributed by atoms with Crippen molar-refractivity contribution >= 4 is 45.3 Å². The van der Waals surface area contributed by atoms with Gasteiger partial charge in [0.25, 0.3) is 0 Å². The Balaban J connectivity index is 0.946. The lowest BCUT2D eigenvalue weighted by Crippen LogP contribution is -2.43. The predicted molar refractivity (Wildman–Crippen MR) is 176 cm³/mol. The number of hydrogen-bond acceptors (Lipinski definition) is 6. The van der Waals surface area contributed by atoms with Crippen LogP contribution in [-0.4, -0.2) is 69.5 Å². The number of thiazole rings is 1. The number of nitrogens with zero attached hydrogens (tertiary/aromatic N) is 4. The van der Waals surface area contributed by atoms with Crippen molar-refractivity contribution in [3.8, 4) is 21.8 Å². The summed E-state index contributed by atoms with van der Waals surface area (Å²) in [5.41, 5.74) is 5.91. The Morgan fingerprint density at radius 1 is 1.02 bits per heavy atom. The number of nitrogens with one attached hydrogen (secondary N) is 2. The van der Waals surface area contributed by atoms with Crippen LogP contribution < -0.4 is 5.32 Å². The maximum absolute atomic E-state index is 13.5. The van der Waals surface area contributed by atoms with Crippen molar-refractivity contribution in [3.63, 3.8) is 0 Å². The van der Waals surface area contributed by atoms with Gasteiger partial charge in [-0.3, -0.25) is 19.6 Å². The van der Waals surface area contributed by atoms with E-state index in [1.807, 2.05) is 41.6 Å². The van der Waals surface area contributed by atoms with Crippen molar-refractivity contribution in [2.75, 3.05) is 38.0 Å². The highest BCUT2D eigenvalue weighted by atomic mass is 32.1. The highest BCUT2D eigenvalue weighted by molar-refractivity contribution is 7.13. The van der Waals surface area contributed by atoms with Gasteiger partial charge < -0.3 is 10.2 Å². The topological polar surface area (TPSA) is 94.2 Å². The molecule has 10 heteroatoms. The molecule has 5 aromatic rings. The second kappa shape index (κ2) is 12.0. The van der Waals surface area contributed by atoms with E-state index in [1.165, 1.54) is 23.3 Å². The molecule has 0 aliphatic carbocycles. The summed E-state index contributed by atoms with van der Waals surface area (Å²) >= 11 is 1.63. The maximum Gasteiger partial charge on any atom is 0.237 e. The highest BCUT2D eigenvalue weighted by Gasteiger charge is 2.41. The summed E-state index contributed by atoms with van der Waals surface area (Å²) in [7, 11) is 0. The molecule has 4 heterocycles. The van der Waals surface area contributed by atoms with E-state index >= 15 is 0 Å². The van der Waals surface area contributed by atoms with Crippen molar-refractivity contribution in [2.24, 2.45) is 5.41 Å². The first-order valence-electron chi connectivity index (χ1n) is 15.1. The van der Waals surface area contributed by atoms with Crippen LogP contribution in [0.4, 0.5) is 10.1 Å². The average Bonchev–Trinajstić information content (AvgIpc) is 3.83. The monoisotopic (exact) mass is 620 g/mol. The summed E-state index contributed by atoms with van der Waals surface area (Å²) in [6, 6.07) is 20.3. The van der Waals surface area contributed by atoms with E-state index in [2.05, 4.69) is 55.7 Å². The van der Waals surface area contributed by atoms with Crippen LogP contribution in [0.2, 0.25) is 0 Å². The molecule has 0 saturated carbocycles. The van der Waals surface area contributed by atoms with Crippen LogP contribution in [0, 0.1) is 11.2 Å². The zero-order valence-corrected chi connectivity index (χ0v) is 25.7. The lowest BCUT2D eigenvalue weighted by Gasteiger charge is -2.29. The molecule has 0 bridgehead atoms. The molecule has 45 heavy (non-hydrogen) atoms. The third-order valence-electron chi connectivity index (χ3n) is 8.89. The molecule has 228 valence electrons. The molecular weight excluding hydrogens is 587 g/mol. The van der Waals surface area contributed by atoms with Crippen LogP contribution in [0.5, 0.6) is 0 Å². The molecule has 1 saturated heterocycles. The third kappa shape index (κ3) is 6.03. The fraction of sp³-hybridized carbons (Fsp3) is 0.257. The van der Waals surface area contributed by atoms with Crippen LogP contribution in [0.15, 0.2) is 84.4 Å². The largest absolute Gasteiger partial charge is 0.338 e. The number of likely N-dealkylation sites (tertiary alicyclic amines) is 1. The Bertz CT molecular complexity index is 1880. The van der Waals surface area contributed by atoms with Gasteiger partial charge in [-0.25, -0.2) is 9.37 Å². The quantitative estimate of drug-likeness (QED) is 0.218. The van der Waals surface area contributed by atoms with Crippen molar-refractivity contribution in [2.45, 2.75) is 19.8 Å². The van der Waals surface area contributed by atoms with Crippen molar-refractivity contribution in [3.05, 3.63) is 95.8 Å². The number of H-pyrrole nitrogens is 1. The van der Waals surface area contributed by atoms with Crippen LogP contribution in [0.25, 0.3) is 38.3 Å². The Morgan fingerprint density at radius 2 is 1.80 bits per heavy atom. The summed E-state index contributed by atoms with van der Waals surface area (Å²) in [5, 5.41) is 14.3. The Labute approximate surface area is 264 Å². The van der Waals surface area contributed by atoms with E-state index in [9.17, 15) is 14.0 Å². The summed E-state index contributed by atoms with van der Waals surface area (Å²) in [5.74, 6) is -0.290. The second-order valence-electron chi connectivity index (χ2n) is 12.0. The van der Waals surface area contributed by atoms with E-state index in [0.717, 1.165) is 33.5 Å². The third-order valence-corrected chi connectivity index (χ3v) is 9.72. The molecule has 8 nitrogen and oxygen atoms in total. The number of aromatic amines is 1. The predicted octanol–water partition coefficient (Wildman–Crippen LogP) is 6.46. The fourth-order valence-corrected chi connectivity index (χ4v) is 6.86. The van der Waals surface area contributed by atoms with E-state index < -0.39 is 5.41 Å². The zero-order chi connectivity index (χ0) is 31.0. The molecule has 1 atom stereocenters. The van der Waals surface area contributed by atoms with E-state index in [-0.39, 0.29) is 17.6 Å². The molecule has 2 amide bonds. The van der Waals surface area contributed by atoms with Gasteiger partial charge in [-0.15, -0.1) is 11.3 Å². The summed E-state index contributed by atoms with van der Waals surface area (Å²) in [6.07, 6.45) is 5.45. The number of carbonyl (C=O) groups excluding carboxylic acids is 2. The number of aromatic nitrogens is 3. The van der Waals surface area contributed by atoms with Crippen LogP contribution in [0.3, 0.4) is 0 Å². The summed E-state index contributed by atoms with van der Waals surface area (Å²) in [4.78, 5) is 35.1. The number of anilines is 1. The minimum atomic E-state index is -0.620. The molecule has 7 rings (SSSR count). The van der Waals surface area contributed by atoms with Gasteiger partial charge in [0.2, 0.25) is 11.8 Å². The maximum atomic E-state index is 13.5. The summed E-state index contributed by atoms with van der Waals surface area (Å²) in [6.45, 7) is 4.73. The van der Waals surface area contributed by atoms with Crippen molar-refractivity contribution in [1.82, 2.24) is 25.0 Å². The Kier molecular flexibility index (Phi) is 7.76. The highest BCUT2D eigenvalue weighted by Crippen LogP contribution is 2.34. The normalized spacial score (nSPS) is 18.7. The number of rotatable bonds is 7. The number of halogens is 1. The number of amides is 2. The lowest BCUT2D eigenvalue weighted by molar-refractivity contribution is -0.132. The number of fused-ring (bicyclic) bond motifs is 1. The van der Waals surface area contributed by atoms with Crippen LogP contribution >= 0.6 is 11.3 Å². The SMILES string of the molecule is CC1(C(=O)Nc2ccc3[nH]nc(-c4ccc(F)cc4)c3c2)CCN(CC(=O)N2CC=C(c3ccc(-c4nccs4)cc3)CC2)C1. The number of benzene rings is 3. The average molecular weight is 621 g/mol. The first-order chi connectivity index (χ1) is 21.8. The minimum Gasteiger partial charge on any atom is -0.338 e. The molecule has 2 aromatic heterocycles. The van der Waals surface area contributed by atoms with Gasteiger partial charge in [-0.1, -0.05) is 30.3 Å². The molecule has 0 spiro atoms. The first kappa shape index (κ1) is 29.1. The van der Waals surface area contributed by atoms with E-state index in [1.54, 1.807) is 23.5 Å². The first-order valence-corrected chi connectivity index (χ1v) is 16.0. The summed E-state index contributed by atoms with van der Waals surface area (Å²) < 4.78 is 13.4. The van der Waals surface area contributed by atoms with Crippen molar-refractivity contribution < 1.29 is 14.0 Å². The molecule has 2 aliphatic rings. The lowest BCUT2D eigenvalue weighted by atomic mass is 9.88. The van der Waals surface area contributed by atoms with Gasteiger partial charge in [-0.05, 0) is 79.9 Å². The second-order valence-corrected chi connectivity index (χ2v) is 12.9. The molecular formula is C35H33FN6O2S. The van der Waals surface area contributed by atoms with Gasteiger partial charge in [0, 0.05) is 53.4 Å². The van der Waals surface area contributed by atoms with Gasteiger partial charge in [0.1, 0.15) is 10.8 Å².